The lowest BCUT2D eigenvalue weighted by Crippen LogP contribution is -2.39. The first kappa shape index (κ1) is 14.2. The lowest BCUT2D eigenvalue weighted by Gasteiger charge is -2.29. The number of carbonyl (C=O) groups is 1. The normalized spacial score (nSPS) is 19.9. The van der Waals surface area contributed by atoms with Crippen molar-refractivity contribution in [2.24, 2.45) is 5.92 Å². The summed E-state index contributed by atoms with van der Waals surface area (Å²) >= 11 is 0. The zero-order chi connectivity index (χ0) is 14.7. The Labute approximate surface area is 126 Å². The molecule has 1 aliphatic heterocycles. The number of nitrogens with one attached hydrogen (secondary N) is 2. The topological polar surface area (TPSA) is 50.4 Å². The third-order valence-corrected chi connectivity index (χ3v) is 4.64. The maximum Gasteiger partial charge on any atom is 0.255 e. The number of fused-ring (bicyclic) bond motifs is 1. The molecule has 4 nitrogen and oxygen atoms in total. The molecule has 0 aromatic heterocycles. The molecule has 1 aliphatic carbocycles. The van der Waals surface area contributed by atoms with Gasteiger partial charge in [0.25, 0.3) is 5.91 Å². The molecule has 114 valence electrons. The molecule has 1 aromatic carbocycles. The van der Waals surface area contributed by atoms with E-state index in [9.17, 15) is 4.79 Å². The molecular weight excluding hydrogens is 264 g/mol. The second-order valence-electron chi connectivity index (χ2n) is 6.12. The van der Waals surface area contributed by atoms with E-state index in [2.05, 4.69) is 17.6 Å². The van der Waals surface area contributed by atoms with Gasteiger partial charge < -0.3 is 15.4 Å². The van der Waals surface area contributed by atoms with E-state index in [1.807, 2.05) is 18.2 Å². The lowest BCUT2D eigenvalue weighted by atomic mass is 9.84. The van der Waals surface area contributed by atoms with Crippen LogP contribution in [0.15, 0.2) is 18.2 Å². The summed E-state index contributed by atoms with van der Waals surface area (Å²) in [6.45, 7) is 3.52. The molecule has 21 heavy (non-hydrogen) atoms. The van der Waals surface area contributed by atoms with Crippen LogP contribution in [0, 0.1) is 5.92 Å². The third kappa shape index (κ3) is 3.14. The van der Waals surface area contributed by atoms with E-state index in [0.29, 0.717) is 23.8 Å². The first-order valence-corrected chi connectivity index (χ1v) is 8.06. The summed E-state index contributed by atoms with van der Waals surface area (Å²) in [4.78, 5) is 12.6. The van der Waals surface area contributed by atoms with E-state index < -0.39 is 0 Å². The van der Waals surface area contributed by atoms with Gasteiger partial charge in [0.2, 0.25) is 0 Å². The van der Waals surface area contributed by atoms with Crippen LogP contribution in [-0.2, 0) is 0 Å². The highest BCUT2D eigenvalue weighted by Crippen LogP contribution is 2.32. The number of anilines is 1. The summed E-state index contributed by atoms with van der Waals surface area (Å²) in [5, 5.41) is 6.44. The average Bonchev–Trinajstić information content (AvgIpc) is 2.55. The molecule has 1 saturated carbocycles. The minimum absolute atomic E-state index is 0.0198. The van der Waals surface area contributed by atoms with Crippen molar-refractivity contribution in [2.45, 2.75) is 45.1 Å². The van der Waals surface area contributed by atoms with Gasteiger partial charge in [0, 0.05) is 12.6 Å². The SMILES string of the molecule is C[C@H](NC(=O)c1cccc2c1OCCN2)C1CCCCC1. The van der Waals surface area contributed by atoms with E-state index in [0.717, 1.165) is 12.2 Å². The van der Waals surface area contributed by atoms with Crippen LogP contribution < -0.4 is 15.4 Å². The molecule has 2 aliphatic rings. The molecule has 0 saturated heterocycles. The van der Waals surface area contributed by atoms with Crippen molar-refractivity contribution in [1.82, 2.24) is 5.32 Å². The van der Waals surface area contributed by atoms with Gasteiger partial charge in [-0.15, -0.1) is 0 Å². The van der Waals surface area contributed by atoms with Gasteiger partial charge in [0.15, 0.2) is 5.75 Å². The zero-order valence-electron chi connectivity index (χ0n) is 12.7. The number of benzene rings is 1. The monoisotopic (exact) mass is 288 g/mol. The fourth-order valence-electron chi connectivity index (χ4n) is 3.39. The maximum absolute atomic E-state index is 12.6. The Morgan fingerprint density at radius 1 is 1.33 bits per heavy atom. The molecule has 0 spiro atoms. The summed E-state index contributed by atoms with van der Waals surface area (Å²) in [6, 6.07) is 5.93. The highest BCUT2D eigenvalue weighted by Gasteiger charge is 2.24. The van der Waals surface area contributed by atoms with Crippen LogP contribution in [0.1, 0.15) is 49.4 Å². The summed E-state index contributed by atoms with van der Waals surface area (Å²) in [6.07, 6.45) is 6.37. The Morgan fingerprint density at radius 2 is 2.14 bits per heavy atom. The molecule has 1 atom stereocenters. The molecule has 1 heterocycles. The molecule has 0 radical (unpaired) electrons. The van der Waals surface area contributed by atoms with Crippen molar-refractivity contribution < 1.29 is 9.53 Å². The Bertz CT molecular complexity index is 510. The standard InChI is InChI=1S/C17H24N2O2/c1-12(13-6-3-2-4-7-13)19-17(20)14-8-5-9-15-16(14)21-11-10-18-15/h5,8-9,12-13,18H,2-4,6-7,10-11H2,1H3,(H,19,20)/t12-/m0/s1. The summed E-state index contributed by atoms with van der Waals surface area (Å²) in [5.41, 5.74) is 1.56. The molecule has 3 rings (SSSR count). The van der Waals surface area contributed by atoms with Gasteiger partial charge in [0.05, 0.1) is 11.3 Å². The number of para-hydroxylation sites is 1. The Balaban J connectivity index is 1.70. The fraction of sp³-hybridized carbons (Fsp3) is 0.588. The number of amides is 1. The maximum atomic E-state index is 12.6. The number of carbonyl (C=O) groups excluding carboxylic acids is 1. The van der Waals surface area contributed by atoms with Gasteiger partial charge in [-0.05, 0) is 37.8 Å². The number of hydrogen-bond donors (Lipinski definition) is 2. The summed E-state index contributed by atoms with van der Waals surface area (Å²) in [5.74, 6) is 1.28. The molecule has 1 amide bonds. The Kier molecular flexibility index (Phi) is 4.32. The summed E-state index contributed by atoms with van der Waals surface area (Å²) in [7, 11) is 0. The van der Waals surface area contributed by atoms with Crippen LogP contribution in [0.25, 0.3) is 0 Å². The van der Waals surface area contributed by atoms with Gasteiger partial charge in [-0.2, -0.15) is 0 Å². The fourth-order valence-corrected chi connectivity index (χ4v) is 3.39. The second kappa shape index (κ2) is 6.37. The van der Waals surface area contributed by atoms with Crippen LogP contribution in [0.4, 0.5) is 5.69 Å². The molecule has 0 bridgehead atoms. The molecular formula is C17H24N2O2. The Morgan fingerprint density at radius 3 is 2.95 bits per heavy atom. The quantitative estimate of drug-likeness (QED) is 0.898. The van der Waals surface area contributed by atoms with Crippen molar-refractivity contribution in [3.63, 3.8) is 0 Å². The van der Waals surface area contributed by atoms with Crippen molar-refractivity contribution in [2.75, 3.05) is 18.5 Å². The molecule has 1 fully saturated rings. The first-order valence-electron chi connectivity index (χ1n) is 8.06. The van der Waals surface area contributed by atoms with Gasteiger partial charge in [-0.25, -0.2) is 0 Å². The largest absolute Gasteiger partial charge is 0.489 e. The average molecular weight is 288 g/mol. The minimum Gasteiger partial charge on any atom is -0.489 e. The van der Waals surface area contributed by atoms with Crippen LogP contribution in [0.3, 0.4) is 0 Å². The third-order valence-electron chi connectivity index (χ3n) is 4.64. The van der Waals surface area contributed by atoms with E-state index >= 15 is 0 Å². The number of hydrogen-bond acceptors (Lipinski definition) is 3. The van der Waals surface area contributed by atoms with Crippen molar-refractivity contribution >= 4 is 11.6 Å². The van der Waals surface area contributed by atoms with Gasteiger partial charge in [-0.1, -0.05) is 25.3 Å². The van der Waals surface area contributed by atoms with E-state index in [4.69, 9.17) is 4.74 Å². The van der Waals surface area contributed by atoms with Gasteiger partial charge in [0.1, 0.15) is 6.61 Å². The first-order chi connectivity index (χ1) is 10.3. The van der Waals surface area contributed by atoms with Crippen molar-refractivity contribution in [3.8, 4) is 5.75 Å². The van der Waals surface area contributed by atoms with Gasteiger partial charge >= 0.3 is 0 Å². The van der Waals surface area contributed by atoms with Crippen LogP contribution in [-0.4, -0.2) is 25.1 Å². The van der Waals surface area contributed by atoms with Crippen molar-refractivity contribution in [1.29, 1.82) is 0 Å². The van der Waals surface area contributed by atoms with E-state index in [1.165, 1.54) is 32.1 Å². The van der Waals surface area contributed by atoms with Crippen LogP contribution in [0.2, 0.25) is 0 Å². The lowest BCUT2D eigenvalue weighted by molar-refractivity contribution is 0.0915. The molecule has 4 heteroatoms. The Hall–Kier alpha value is -1.71. The zero-order valence-corrected chi connectivity index (χ0v) is 12.7. The van der Waals surface area contributed by atoms with Gasteiger partial charge in [-0.3, -0.25) is 4.79 Å². The number of ether oxygens (including phenoxy) is 1. The summed E-state index contributed by atoms with van der Waals surface area (Å²) < 4.78 is 5.68. The molecule has 0 unspecified atom stereocenters. The van der Waals surface area contributed by atoms with Crippen molar-refractivity contribution in [3.05, 3.63) is 23.8 Å². The van der Waals surface area contributed by atoms with E-state index in [-0.39, 0.29) is 11.9 Å². The predicted octanol–water partition coefficient (Wildman–Crippen LogP) is 3.19. The predicted molar refractivity (Wildman–Crippen MR) is 83.9 cm³/mol. The number of rotatable bonds is 3. The highest BCUT2D eigenvalue weighted by molar-refractivity contribution is 5.99. The van der Waals surface area contributed by atoms with Crippen LogP contribution in [0.5, 0.6) is 5.75 Å². The highest BCUT2D eigenvalue weighted by atomic mass is 16.5. The second-order valence-corrected chi connectivity index (χ2v) is 6.12. The minimum atomic E-state index is -0.0198. The van der Waals surface area contributed by atoms with E-state index in [1.54, 1.807) is 0 Å². The molecule has 2 N–H and O–H groups in total. The molecule has 1 aromatic rings. The van der Waals surface area contributed by atoms with Crippen LogP contribution >= 0.6 is 0 Å². The smallest absolute Gasteiger partial charge is 0.255 e.